The number of nitrogens with zero attached hydrogens (tertiary/aromatic N) is 6. The number of carbonyl (C=O) groups is 3. The maximum atomic E-state index is 12.9. The maximum absolute atomic E-state index is 12.9. The molecule has 58 heavy (non-hydrogen) atoms. The van der Waals surface area contributed by atoms with Crippen LogP contribution in [0, 0.1) is 6.92 Å². The Morgan fingerprint density at radius 1 is 0.948 bits per heavy atom. The number of fused-ring (bicyclic) bond motifs is 1. The number of piperidine rings is 1. The van der Waals surface area contributed by atoms with Crippen LogP contribution in [0.2, 0.25) is 0 Å². The Morgan fingerprint density at radius 2 is 1.69 bits per heavy atom. The van der Waals surface area contributed by atoms with Crippen LogP contribution < -0.4 is 15.5 Å². The van der Waals surface area contributed by atoms with Gasteiger partial charge in [0, 0.05) is 73.0 Å². The zero-order valence-corrected chi connectivity index (χ0v) is 33.6. The average Bonchev–Trinajstić information content (AvgIpc) is 3.89. The van der Waals surface area contributed by atoms with E-state index >= 15 is 0 Å². The summed E-state index contributed by atoms with van der Waals surface area (Å²) in [6, 6.07) is 25.0. The molecule has 3 aromatic carbocycles. The quantitative estimate of drug-likeness (QED) is 0.128. The summed E-state index contributed by atoms with van der Waals surface area (Å²) in [6.45, 7) is 14.7. The number of hydrogen-bond donors (Lipinski definition) is 3. The molecule has 2 unspecified atom stereocenters. The summed E-state index contributed by atoms with van der Waals surface area (Å²) in [5, 5.41) is 18.0. The monoisotopic (exact) mass is 779 g/mol. The first-order chi connectivity index (χ1) is 27.9. The standard InChI is InChI=1S/C45H49N9O4/c1-27-24-32(12-15-35(27)28(2)47-43(57)41-49-44(58-52-41)45(3,4)5)39-37-25-33(26-46-40(37)51-50-39)30-10-13-34(14-11-30)54-22-20-53(21-23-54)19-18-29-6-8-31(9-7-29)36-16-17-38(55)48-42(36)56/h6-15,24-26,28,36H,16-23H2,1-5H3,(H,47,57)(H,46,50,51)(H,48,55,56). The van der Waals surface area contributed by atoms with Gasteiger partial charge in [-0.1, -0.05) is 74.5 Å². The van der Waals surface area contributed by atoms with Crippen molar-refractivity contribution < 1.29 is 18.9 Å². The minimum Gasteiger partial charge on any atom is -0.369 e. The Morgan fingerprint density at radius 3 is 2.38 bits per heavy atom. The number of amides is 3. The van der Waals surface area contributed by atoms with Crippen molar-refractivity contribution in [1.29, 1.82) is 0 Å². The third-order valence-corrected chi connectivity index (χ3v) is 11.3. The van der Waals surface area contributed by atoms with Gasteiger partial charge in [-0.25, -0.2) is 4.98 Å². The van der Waals surface area contributed by atoms with Crippen molar-refractivity contribution in [3.05, 3.63) is 113 Å². The van der Waals surface area contributed by atoms with E-state index in [1.807, 2.05) is 65.1 Å². The number of aromatic amines is 1. The van der Waals surface area contributed by atoms with Gasteiger partial charge < -0.3 is 14.7 Å². The van der Waals surface area contributed by atoms with Gasteiger partial charge in [-0.15, -0.1) is 0 Å². The molecule has 6 aromatic rings. The van der Waals surface area contributed by atoms with Crippen LogP contribution >= 0.6 is 0 Å². The van der Waals surface area contributed by atoms with Crippen LogP contribution in [-0.2, 0) is 21.4 Å². The predicted molar refractivity (Wildman–Crippen MR) is 222 cm³/mol. The predicted octanol–water partition coefficient (Wildman–Crippen LogP) is 6.66. The summed E-state index contributed by atoms with van der Waals surface area (Å²) in [5.74, 6) is -0.565. The number of H-pyrrole nitrogens is 1. The number of rotatable bonds is 10. The highest BCUT2D eigenvalue weighted by Gasteiger charge is 2.28. The van der Waals surface area contributed by atoms with Gasteiger partial charge in [0.25, 0.3) is 11.7 Å². The number of hydrogen-bond acceptors (Lipinski definition) is 10. The van der Waals surface area contributed by atoms with Crippen molar-refractivity contribution in [2.24, 2.45) is 0 Å². The van der Waals surface area contributed by atoms with Crippen molar-refractivity contribution in [1.82, 2.24) is 40.9 Å². The molecule has 3 amide bonds. The van der Waals surface area contributed by atoms with Crippen molar-refractivity contribution in [3.63, 3.8) is 0 Å². The molecule has 5 heterocycles. The van der Waals surface area contributed by atoms with E-state index in [0.29, 0.717) is 24.4 Å². The molecule has 8 rings (SSSR count). The summed E-state index contributed by atoms with van der Waals surface area (Å²) in [6.07, 6.45) is 3.79. The van der Waals surface area contributed by atoms with Crippen LogP contribution in [0.15, 0.2) is 83.5 Å². The number of anilines is 1. The SMILES string of the molecule is Cc1cc(-c2[nH]nc3ncc(-c4ccc(N5CCN(CCc6ccc(C7CCC(=O)NC7=O)cc6)CC5)cc4)cc23)ccc1C(C)NC(=O)c1noc(C(C)(C)C)n1. The first-order valence-corrected chi connectivity index (χ1v) is 20.0. The Labute approximate surface area is 337 Å². The van der Waals surface area contributed by atoms with Crippen LogP contribution in [0.1, 0.15) is 91.3 Å². The molecule has 3 aromatic heterocycles. The van der Waals surface area contributed by atoms with E-state index in [1.54, 1.807) is 0 Å². The summed E-state index contributed by atoms with van der Waals surface area (Å²) in [4.78, 5) is 50.6. The van der Waals surface area contributed by atoms with E-state index in [4.69, 9.17) is 4.52 Å². The second-order valence-corrected chi connectivity index (χ2v) is 16.5. The molecule has 2 aliphatic heterocycles. The first kappa shape index (κ1) is 38.7. The molecule has 0 bridgehead atoms. The van der Waals surface area contributed by atoms with Gasteiger partial charge in [0.2, 0.25) is 17.7 Å². The normalized spacial score (nSPS) is 17.1. The molecule has 0 spiro atoms. The fourth-order valence-electron chi connectivity index (χ4n) is 7.86. The fourth-order valence-corrected chi connectivity index (χ4v) is 7.86. The molecule has 0 saturated carbocycles. The van der Waals surface area contributed by atoms with Crippen molar-refractivity contribution >= 4 is 34.4 Å². The third kappa shape index (κ3) is 8.26. The Kier molecular flexibility index (Phi) is 10.6. The average molecular weight is 780 g/mol. The summed E-state index contributed by atoms with van der Waals surface area (Å²) >= 11 is 0. The minimum atomic E-state index is -0.384. The summed E-state index contributed by atoms with van der Waals surface area (Å²) < 4.78 is 5.31. The molecule has 2 fully saturated rings. The topological polar surface area (TPSA) is 162 Å². The highest BCUT2D eigenvalue weighted by molar-refractivity contribution is 6.01. The van der Waals surface area contributed by atoms with Crippen molar-refractivity contribution in [3.8, 4) is 22.4 Å². The fraction of sp³-hybridized carbons (Fsp3) is 0.356. The lowest BCUT2D eigenvalue weighted by Crippen LogP contribution is -2.47. The van der Waals surface area contributed by atoms with Gasteiger partial charge in [0.05, 0.1) is 17.7 Å². The smallest absolute Gasteiger partial charge is 0.293 e. The molecular formula is C45H49N9O4. The number of aromatic nitrogens is 5. The van der Waals surface area contributed by atoms with E-state index in [-0.39, 0.29) is 40.9 Å². The molecule has 13 heteroatoms. The van der Waals surface area contributed by atoms with E-state index in [2.05, 4.69) is 94.3 Å². The second kappa shape index (κ2) is 16.0. The summed E-state index contributed by atoms with van der Waals surface area (Å²) in [7, 11) is 0. The second-order valence-electron chi connectivity index (χ2n) is 16.5. The van der Waals surface area contributed by atoms with Crippen LogP contribution in [0.3, 0.4) is 0 Å². The summed E-state index contributed by atoms with van der Waals surface area (Å²) in [5.41, 5.74) is 9.70. The molecule has 298 valence electrons. The van der Waals surface area contributed by atoms with Crippen LogP contribution in [0.5, 0.6) is 0 Å². The highest BCUT2D eigenvalue weighted by atomic mass is 16.5. The number of carbonyl (C=O) groups excluding carboxylic acids is 3. The van der Waals surface area contributed by atoms with Gasteiger partial charge in [-0.3, -0.25) is 29.7 Å². The zero-order chi connectivity index (χ0) is 40.6. The molecule has 13 nitrogen and oxygen atoms in total. The van der Waals surface area contributed by atoms with Gasteiger partial charge in [0.1, 0.15) is 0 Å². The molecular weight excluding hydrogens is 731 g/mol. The third-order valence-electron chi connectivity index (χ3n) is 11.3. The maximum Gasteiger partial charge on any atom is 0.293 e. The number of imide groups is 1. The molecule has 2 saturated heterocycles. The molecule has 3 N–H and O–H groups in total. The molecule has 0 aliphatic carbocycles. The number of piperazine rings is 1. The van der Waals surface area contributed by atoms with E-state index < -0.39 is 0 Å². The lowest BCUT2D eigenvalue weighted by molar-refractivity contribution is -0.134. The van der Waals surface area contributed by atoms with Crippen LogP contribution in [0.25, 0.3) is 33.4 Å². The van der Waals surface area contributed by atoms with Crippen molar-refractivity contribution in [2.75, 3.05) is 37.6 Å². The van der Waals surface area contributed by atoms with Crippen molar-refractivity contribution in [2.45, 2.75) is 71.3 Å². The van der Waals surface area contributed by atoms with E-state index in [0.717, 1.165) is 83.6 Å². The van der Waals surface area contributed by atoms with Gasteiger partial charge >= 0.3 is 0 Å². The lowest BCUT2D eigenvalue weighted by atomic mass is 9.90. The number of pyridine rings is 1. The largest absolute Gasteiger partial charge is 0.369 e. The van der Waals surface area contributed by atoms with E-state index in [9.17, 15) is 14.4 Å². The minimum absolute atomic E-state index is 0.0217. The lowest BCUT2D eigenvalue weighted by Gasteiger charge is -2.36. The Hall–Kier alpha value is -6.21. The number of aryl methyl sites for hydroxylation is 1. The van der Waals surface area contributed by atoms with E-state index in [1.165, 1.54) is 11.3 Å². The Bertz CT molecular complexity index is 2460. The van der Waals surface area contributed by atoms with Gasteiger partial charge in [-0.05, 0) is 78.8 Å². The van der Waals surface area contributed by atoms with Crippen LogP contribution in [0.4, 0.5) is 5.69 Å². The van der Waals surface area contributed by atoms with Gasteiger partial charge in [0.15, 0.2) is 5.65 Å². The first-order valence-electron chi connectivity index (χ1n) is 20.0. The highest BCUT2D eigenvalue weighted by Crippen LogP contribution is 2.33. The Balaban J connectivity index is 0.865. The zero-order valence-electron chi connectivity index (χ0n) is 33.6. The molecule has 2 atom stereocenters. The number of nitrogens with one attached hydrogen (secondary N) is 3. The van der Waals surface area contributed by atoms with Crippen LogP contribution in [-0.4, -0.2) is 80.7 Å². The molecule has 0 radical (unpaired) electrons. The number of benzene rings is 3. The molecule has 2 aliphatic rings. The van der Waals surface area contributed by atoms with Gasteiger partial charge in [-0.2, -0.15) is 10.1 Å².